The van der Waals surface area contributed by atoms with Crippen LogP contribution in [0.25, 0.3) is 0 Å². The van der Waals surface area contributed by atoms with Crippen molar-refractivity contribution in [2.24, 2.45) is 5.92 Å². The van der Waals surface area contributed by atoms with Crippen molar-refractivity contribution in [1.82, 2.24) is 4.90 Å². The Bertz CT molecular complexity index is 285. The van der Waals surface area contributed by atoms with Gasteiger partial charge in [-0.05, 0) is 31.6 Å². The van der Waals surface area contributed by atoms with Crippen LogP contribution in [0.3, 0.4) is 0 Å². The average molecular weight is 251 g/mol. The highest BCUT2D eigenvalue weighted by atomic mass is 19.4. The summed E-state index contributed by atoms with van der Waals surface area (Å²) in [5, 5.41) is 0. The molecular formula is C11H16F3NO2. The van der Waals surface area contributed by atoms with E-state index in [1.165, 1.54) is 0 Å². The molecule has 3 rings (SSSR count). The highest BCUT2D eigenvalue weighted by Crippen LogP contribution is 2.34. The predicted molar refractivity (Wildman–Crippen MR) is 54.3 cm³/mol. The van der Waals surface area contributed by atoms with Crippen molar-refractivity contribution in [3.8, 4) is 0 Å². The van der Waals surface area contributed by atoms with Gasteiger partial charge < -0.3 is 9.64 Å². The lowest BCUT2D eigenvalue weighted by molar-refractivity contribution is -0.179. The lowest BCUT2D eigenvalue weighted by Crippen LogP contribution is -2.52. The van der Waals surface area contributed by atoms with Crippen LogP contribution in [0.4, 0.5) is 13.2 Å². The van der Waals surface area contributed by atoms with Crippen LogP contribution in [0.1, 0.15) is 25.7 Å². The highest BCUT2D eigenvalue weighted by molar-refractivity contribution is 5.78. The van der Waals surface area contributed by atoms with Gasteiger partial charge in [-0.25, -0.2) is 0 Å². The number of halogens is 3. The Morgan fingerprint density at radius 1 is 1.24 bits per heavy atom. The lowest BCUT2D eigenvalue weighted by Gasteiger charge is -2.45. The molecule has 0 spiro atoms. The number of piperidine rings is 2. The fourth-order valence-electron chi connectivity index (χ4n) is 2.71. The first-order valence-electron chi connectivity index (χ1n) is 5.89. The Balaban J connectivity index is 1.77. The molecule has 0 radical (unpaired) electrons. The Kier molecular flexibility index (Phi) is 3.61. The van der Waals surface area contributed by atoms with Gasteiger partial charge in [0, 0.05) is 12.6 Å². The van der Waals surface area contributed by atoms with Crippen LogP contribution in [0.2, 0.25) is 0 Å². The average Bonchev–Trinajstić information content (AvgIpc) is 2.28. The smallest absolute Gasteiger partial charge is 0.362 e. The van der Waals surface area contributed by atoms with E-state index >= 15 is 0 Å². The van der Waals surface area contributed by atoms with Gasteiger partial charge in [-0.2, -0.15) is 13.2 Å². The van der Waals surface area contributed by atoms with Crippen molar-refractivity contribution >= 4 is 5.91 Å². The fourth-order valence-corrected chi connectivity index (χ4v) is 2.71. The highest BCUT2D eigenvalue weighted by Gasteiger charge is 2.36. The molecule has 17 heavy (non-hydrogen) atoms. The molecule has 6 heteroatoms. The van der Waals surface area contributed by atoms with Gasteiger partial charge >= 0.3 is 6.18 Å². The molecule has 98 valence electrons. The van der Waals surface area contributed by atoms with Gasteiger partial charge in [-0.3, -0.25) is 4.79 Å². The van der Waals surface area contributed by atoms with E-state index in [0.29, 0.717) is 12.5 Å². The second-order valence-corrected chi connectivity index (χ2v) is 4.83. The number of rotatable bonds is 3. The first-order valence-corrected chi connectivity index (χ1v) is 5.89. The summed E-state index contributed by atoms with van der Waals surface area (Å²) in [6, 6.07) is 0.224. The largest absolute Gasteiger partial charge is 0.411 e. The molecule has 3 aliphatic rings. The van der Waals surface area contributed by atoms with Crippen LogP contribution >= 0.6 is 0 Å². The van der Waals surface area contributed by atoms with Gasteiger partial charge in [-0.15, -0.1) is 0 Å². The van der Waals surface area contributed by atoms with Gasteiger partial charge in [0.15, 0.2) is 0 Å². The number of ether oxygens (including phenoxy) is 1. The van der Waals surface area contributed by atoms with E-state index in [2.05, 4.69) is 4.74 Å². The quantitative estimate of drug-likeness (QED) is 0.767. The molecule has 2 aliphatic heterocycles. The van der Waals surface area contributed by atoms with Crippen LogP contribution in [0.5, 0.6) is 0 Å². The number of alkyl halides is 3. The van der Waals surface area contributed by atoms with Crippen molar-refractivity contribution in [3.63, 3.8) is 0 Å². The molecule has 0 N–H and O–H groups in total. The van der Waals surface area contributed by atoms with Gasteiger partial charge in [0.2, 0.25) is 5.91 Å². The summed E-state index contributed by atoms with van der Waals surface area (Å²) in [4.78, 5) is 13.4. The molecule has 3 fully saturated rings. The van der Waals surface area contributed by atoms with Crippen molar-refractivity contribution in [2.75, 3.05) is 19.8 Å². The summed E-state index contributed by atoms with van der Waals surface area (Å²) >= 11 is 0. The maximum absolute atomic E-state index is 11.8. The molecule has 2 bridgehead atoms. The molecule has 0 unspecified atom stereocenters. The number of hydrogen-bond acceptors (Lipinski definition) is 2. The fraction of sp³-hybridized carbons (Fsp3) is 0.909. The van der Waals surface area contributed by atoms with Crippen LogP contribution in [-0.2, 0) is 9.53 Å². The van der Waals surface area contributed by atoms with Gasteiger partial charge in [0.1, 0.15) is 13.2 Å². The minimum Gasteiger partial charge on any atom is -0.362 e. The van der Waals surface area contributed by atoms with E-state index < -0.39 is 19.4 Å². The molecule has 1 amide bonds. The Morgan fingerprint density at radius 3 is 2.35 bits per heavy atom. The molecule has 0 aromatic carbocycles. The summed E-state index contributed by atoms with van der Waals surface area (Å²) in [7, 11) is 0. The Hall–Kier alpha value is -0.780. The second-order valence-electron chi connectivity index (χ2n) is 4.83. The normalized spacial score (nSPS) is 28.5. The minimum atomic E-state index is -4.36. The number of carbonyl (C=O) groups is 1. The van der Waals surface area contributed by atoms with Crippen molar-refractivity contribution < 1.29 is 22.7 Å². The van der Waals surface area contributed by atoms with Crippen molar-refractivity contribution in [1.29, 1.82) is 0 Å². The zero-order valence-corrected chi connectivity index (χ0v) is 9.50. The first kappa shape index (κ1) is 12.7. The Labute approximate surface area is 97.9 Å². The van der Waals surface area contributed by atoms with E-state index in [1.54, 1.807) is 4.90 Å². The third kappa shape index (κ3) is 3.34. The molecule has 3 nitrogen and oxygen atoms in total. The third-order valence-corrected chi connectivity index (χ3v) is 3.52. The van der Waals surface area contributed by atoms with Crippen LogP contribution in [0, 0.1) is 5.92 Å². The zero-order chi connectivity index (χ0) is 12.5. The number of hydrogen-bond donors (Lipinski definition) is 0. The van der Waals surface area contributed by atoms with Crippen LogP contribution in [0.15, 0.2) is 0 Å². The number of amides is 1. The first-order chi connectivity index (χ1) is 7.96. The summed E-state index contributed by atoms with van der Waals surface area (Å²) < 4.78 is 39.9. The summed E-state index contributed by atoms with van der Waals surface area (Å²) in [6.45, 7) is -1.11. The van der Waals surface area contributed by atoms with Gasteiger partial charge in [-0.1, -0.05) is 0 Å². The standard InChI is InChI=1S/C11H16F3NO2/c12-11(13,14)7-17-6-10(16)15-5-8-1-3-9(15)4-2-8/h8-9H,1-7H2. The summed E-state index contributed by atoms with van der Waals surface area (Å²) in [6.07, 6.45) is -0.123. The molecule has 0 aromatic rings. The molecule has 0 atom stereocenters. The van der Waals surface area contributed by atoms with Crippen LogP contribution in [-0.4, -0.2) is 42.8 Å². The van der Waals surface area contributed by atoms with Gasteiger partial charge in [0.25, 0.3) is 0 Å². The topological polar surface area (TPSA) is 29.5 Å². The van der Waals surface area contributed by atoms with E-state index in [9.17, 15) is 18.0 Å². The molecule has 0 aromatic heterocycles. The molecule has 2 saturated heterocycles. The van der Waals surface area contributed by atoms with E-state index in [4.69, 9.17) is 0 Å². The summed E-state index contributed by atoms with van der Waals surface area (Å²) in [5.74, 6) is 0.232. The van der Waals surface area contributed by atoms with Crippen molar-refractivity contribution in [3.05, 3.63) is 0 Å². The maximum Gasteiger partial charge on any atom is 0.411 e. The van der Waals surface area contributed by atoms with E-state index in [0.717, 1.165) is 25.7 Å². The number of carbonyl (C=O) groups excluding carboxylic acids is 1. The van der Waals surface area contributed by atoms with Crippen LogP contribution < -0.4 is 0 Å². The zero-order valence-electron chi connectivity index (χ0n) is 9.50. The SMILES string of the molecule is O=C(COCC(F)(F)F)N1CC2CCC1CC2. The number of fused-ring (bicyclic) bond motifs is 3. The maximum atomic E-state index is 11.8. The molecule has 2 heterocycles. The van der Waals surface area contributed by atoms with E-state index in [1.807, 2.05) is 0 Å². The summed E-state index contributed by atoms with van der Waals surface area (Å²) in [5.41, 5.74) is 0. The molecular weight excluding hydrogens is 235 g/mol. The predicted octanol–water partition coefficient (Wildman–Crippen LogP) is 1.97. The number of nitrogens with zero attached hydrogens (tertiary/aromatic N) is 1. The van der Waals surface area contributed by atoms with Crippen molar-refractivity contribution in [2.45, 2.75) is 37.9 Å². The minimum absolute atomic E-state index is 0.224. The molecule has 1 aliphatic carbocycles. The Morgan fingerprint density at radius 2 is 1.88 bits per heavy atom. The second kappa shape index (κ2) is 4.84. The third-order valence-electron chi connectivity index (χ3n) is 3.52. The van der Waals surface area contributed by atoms with E-state index in [-0.39, 0.29) is 11.9 Å². The monoisotopic (exact) mass is 251 g/mol. The van der Waals surface area contributed by atoms with Gasteiger partial charge in [0.05, 0.1) is 0 Å². The lowest BCUT2D eigenvalue weighted by atomic mass is 9.80. The molecule has 1 saturated carbocycles.